The number of methoxy groups -OCH3 is 1. The van der Waals surface area contributed by atoms with Crippen molar-refractivity contribution < 1.29 is 18.7 Å². The average Bonchev–Trinajstić information content (AvgIpc) is 3.24. The number of carbonyl (C=O) groups is 1. The van der Waals surface area contributed by atoms with Crippen molar-refractivity contribution in [2.75, 3.05) is 20.3 Å². The van der Waals surface area contributed by atoms with Crippen LogP contribution in [0.1, 0.15) is 27.4 Å². The standard InChI is InChI=1S/C23H21BrN2O4/c1-28-12-11-26(15-18-7-5-17(14-25)6-8-18)23(27)22-10-9-21(30-22)16-29-20-4-2-3-19(24)13-20/h2-10,13H,11-12,15-16H2,1H3. The van der Waals surface area contributed by atoms with Crippen LogP contribution >= 0.6 is 15.9 Å². The highest BCUT2D eigenvalue weighted by Crippen LogP contribution is 2.20. The van der Waals surface area contributed by atoms with E-state index in [1.807, 2.05) is 36.4 Å². The summed E-state index contributed by atoms with van der Waals surface area (Å²) in [6.07, 6.45) is 0. The molecule has 0 aliphatic heterocycles. The van der Waals surface area contributed by atoms with Gasteiger partial charge >= 0.3 is 0 Å². The zero-order valence-corrected chi connectivity index (χ0v) is 18.1. The van der Waals surface area contributed by atoms with Gasteiger partial charge in [-0.2, -0.15) is 5.26 Å². The van der Waals surface area contributed by atoms with E-state index in [0.29, 0.717) is 36.8 Å². The van der Waals surface area contributed by atoms with Crippen LogP contribution in [0, 0.1) is 11.3 Å². The van der Waals surface area contributed by atoms with Crippen LogP contribution in [0.3, 0.4) is 0 Å². The number of hydrogen-bond acceptors (Lipinski definition) is 5. The number of nitrogens with zero attached hydrogens (tertiary/aromatic N) is 2. The summed E-state index contributed by atoms with van der Waals surface area (Å²) >= 11 is 3.40. The van der Waals surface area contributed by atoms with Crippen molar-refractivity contribution in [3.8, 4) is 11.8 Å². The van der Waals surface area contributed by atoms with E-state index >= 15 is 0 Å². The van der Waals surface area contributed by atoms with Gasteiger partial charge in [-0.25, -0.2) is 0 Å². The smallest absolute Gasteiger partial charge is 0.289 e. The highest BCUT2D eigenvalue weighted by atomic mass is 79.9. The topological polar surface area (TPSA) is 75.7 Å². The van der Waals surface area contributed by atoms with Gasteiger partial charge in [0.25, 0.3) is 5.91 Å². The SMILES string of the molecule is COCCN(Cc1ccc(C#N)cc1)C(=O)c1ccc(COc2cccc(Br)c2)o1. The van der Waals surface area contributed by atoms with E-state index in [-0.39, 0.29) is 18.3 Å². The minimum absolute atomic E-state index is 0.220. The van der Waals surface area contributed by atoms with Crippen molar-refractivity contribution in [1.29, 1.82) is 5.26 Å². The zero-order chi connectivity index (χ0) is 21.3. The Morgan fingerprint density at radius 1 is 1.17 bits per heavy atom. The average molecular weight is 469 g/mol. The van der Waals surface area contributed by atoms with Crippen molar-refractivity contribution in [2.45, 2.75) is 13.2 Å². The fourth-order valence-corrected chi connectivity index (χ4v) is 3.17. The van der Waals surface area contributed by atoms with Crippen LogP contribution in [0.15, 0.2) is 69.6 Å². The minimum Gasteiger partial charge on any atom is -0.486 e. The Labute approximate surface area is 183 Å². The van der Waals surface area contributed by atoms with E-state index < -0.39 is 0 Å². The first-order chi connectivity index (χ1) is 14.6. The molecule has 0 saturated carbocycles. The first-order valence-electron chi connectivity index (χ1n) is 9.33. The lowest BCUT2D eigenvalue weighted by Gasteiger charge is -2.21. The lowest BCUT2D eigenvalue weighted by atomic mass is 10.1. The van der Waals surface area contributed by atoms with Crippen LogP contribution in [0.2, 0.25) is 0 Å². The monoisotopic (exact) mass is 468 g/mol. The van der Waals surface area contributed by atoms with Crippen molar-refractivity contribution >= 4 is 21.8 Å². The maximum absolute atomic E-state index is 13.0. The van der Waals surface area contributed by atoms with Crippen LogP contribution in [-0.4, -0.2) is 31.1 Å². The molecule has 7 heteroatoms. The van der Waals surface area contributed by atoms with E-state index in [2.05, 4.69) is 22.0 Å². The van der Waals surface area contributed by atoms with Gasteiger partial charge in [-0.1, -0.05) is 34.1 Å². The summed E-state index contributed by atoms with van der Waals surface area (Å²) in [4.78, 5) is 14.6. The third kappa shape index (κ3) is 5.96. The Balaban J connectivity index is 1.67. The molecule has 3 aromatic rings. The quantitative estimate of drug-likeness (QED) is 0.451. The molecule has 0 N–H and O–H groups in total. The fraction of sp³-hybridized carbons (Fsp3) is 0.217. The van der Waals surface area contributed by atoms with Crippen LogP contribution in [-0.2, 0) is 17.9 Å². The molecule has 0 radical (unpaired) electrons. The molecule has 0 bridgehead atoms. The van der Waals surface area contributed by atoms with E-state index in [9.17, 15) is 4.79 Å². The Morgan fingerprint density at radius 3 is 2.67 bits per heavy atom. The van der Waals surface area contributed by atoms with Gasteiger partial charge in [0, 0.05) is 24.7 Å². The summed E-state index contributed by atoms with van der Waals surface area (Å²) in [6.45, 7) is 1.43. The maximum atomic E-state index is 13.0. The van der Waals surface area contributed by atoms with Gasteiger partial charge in [-0.15, -0.1) is 0 Å². The first-order valence-corrected chi connectivity index (χ1v) is 10.1. The molecular weight excluding hydrogens is 448 g/mol. The number of hydrogen-bond donors (Lipinski definition) is 0. The third-order valence-corrected chi connectivity index (χ3v) is 4.85. The number of ether oxygens (including phenoxy) is 2. The van der Waals surface area contributed by atoms with Gasteiger partial charge in [0.15, 0.2) is 5.76 Å². The van der Waals surface area contributed by atoms with Gasteiger partial charge in [0.05, 0.1) is 18.2 Å². The molecule has 1 aromatic heterocycles. The Morgan fingerprint density at radius 2 is 1.97 bits per heavy atom. The molecule has 0 spiro atoms. The van der Waals surface area contributed by atoms with E-state index in [1.54, 1.807) is 36.3 Å². The molecule has 0 unspecified atom stereocenters. The lowest BCUT2D eigenvalue weighted by Crippen LogP contribution is -2.33. The van der Waals surface area contributed by atoms with Crippen molar-refractivity contribution in [1.82, 2.24) is 4.90 Å². The molecule has 0 atom stereocenters. The summed E-state index contributed by atoms with van der Waals surface area (Å²) in [6, 6.07) is 20.1. The predicted molar refractivity (Wildman–Crippen MR) is 115 cm³/mol. The molecule has 1 amide bonds. The van der Waals surface area contributed by atoms with Crippen LogP contribution < -0.4 is 4.74 Å². The molecule has 2 aromatic carbocycles. The second-order valence-electron chi connectivity index (χ2n) is 6.54. The van der Waals surface area contributed by atoms with Gasteiger partial charge in [-0.05, 0) is 48.0 Å². The molecule has 0 saturated heterocycles. The van der Waals surface area contributed by atoms with Gasteiger partial charge in [-0.3, -0.25) is 4.79 Å². The normalized spacial score (nSPS) is 10.4. The largest absolute Gasteiger partial charge is 0.486 e. The van der Waals surface area contributed by atoms with Crippen LogP contribution in [0.5, 0.6) is 5.75 Å². The molecule has 0 aliphatic rings. The molecule has 1 heterocycles. The summed E-state index contributed by atoms with van der Waals surface area (Å²) in [5, 5.41) is 8.94. The Bertz CT molecular complexity index is 1020. The van der Waals surface area contributed by atoms with E-state index in [1.165, 1.54) is 0 Å². The van der Waals surface area contributed by atoms with Crippen molar-refractivity contribution in [3.63, 3.8) is 0 Å². The predicted octanol–water partition coefficient (Wildman–Crippen LogP) is 4.78. The number of nitriles is 1. The summed E-state index contributed by atoms with van der Waals surface area (Å²) in [5.74, 6) is 1.28. The molecule has 0 fully saturated rings. The Hall–Kier alpha value is -3.08. The lowest BCUT2D eigenvalue weighted by molar-refractivity contribution is 0.0645. The molecule has 6 nitrogen and oxygen atoms in total. The Kier molecular flexibility index (Phi) is 7.66. The fourth-order valence-electron chi connectivity index (χ4n) is 2.80. The summed E-state index contributed by atoms with van der Waals surface area (Å²) < 4.78 is 17.5. The second-order valence-corrected chi connectivity index (χ2v) is 7.46. The second kappa shape index (κ2) is 10.6. The highest BCUT2D eigenvalue weighted by Gasteiger charge is 2.20. The van der Waals surface area contributed by atoms with Crippen LogP contribution in [0.25, 0.3) is 0 Å². The molecule has 30 heavy (non-hydrogen) atoms. The van der Waals surface area contributed by atoms with Gasteiger partial charge in [0.1, 0.15) is 18.1 Å². The van der Waals surface area contributed by atoms with Gasteiger partial charge < -0.3 is 18.8 Å². The van der Waals surface area contributed by atoms with E-state index in [0.717, 1.165) is 10.0 Å². The first kappa shape index (κ1) is 21.6. The van der Waals surface area contributed by atoms with Gasteiger partial charge in [0.2, 0.25) is 0 Å². The molecule has 154 valence electrons. The number of amides is 1. The van der Waals surface area contributed by atoms with Crippen molar-refractivity contribution in [3.05, 3.63) is 87.8 Å². The van der Waals surface area contributed by atoms with Crippen LogP contribution in [0.4, 0.5) is 0 Å². The maximum Gasteiger partial charge on any atom is 0.289 e. The molecule has 3 rings (SSSR count). The molecular formula is C23H21BrN2O4. The summed E-state index contributed by atoms with van der Waals surface area (Å²) in [7, 11) is 1.59. The minimum atomic E-state index is -0.231. The zero-order valence-electron chi connectivity index (χ0n) is 16.5. The van der Waals surface area contributed by atoms with E-state index in [4.69, 9.17) is 19.2 Å². The highest BCUT2D eigenvalue weighted by molar-refractivity contribution is 9.10. The third-order valence-electron chi connectivity index (χ3n) is 4.36. The molecule has 0 aliphatic carbocycles. The number of halogens is 1. The number of rotatable bonds is 9. The number of benzene rings is 2. The number of carbonyl (C=O) groups excluding carboxylic acids is 1. The number of furan rings is 1. The summed E-state index contributed by atoms with van der Waals surface area (Å²) in [5.41, 5.74) is 1.50. The van der Waals surface area contributed by atoms with Crippen molar-refractivity contribution in [2.24, 2.45) is 0 Å².